The zero-order valence-corrected chi connectivity index (χ0v) is 10.6. The number of rotatable bonds is 2. The molecule has 0 aliphatic carbocycles. The first-order valence-electron chi connectivity index (χ1n) is 6.38. The molecule has 1 aromatic carbocycles. The number of nitrogens with zero attached hydrogens (tertiary/aromatic N) is 2. The van der Waals surface area contributed by atoms with Crippen LogP contribution in [0, 0.1) is 0 Å². The van der Waals surface area contributed by atoms with Gasteiger partial charge in [0.05, 0.1) is 17.7 Å². The Morgan fingerprint density at radius 1 is 1.37 bits per heavy atom. The lowest BCUT2D eigenvalue weighted by molar-refractivity contribution is -0.120. The van der Waals surface area contributed by atoms with Gasteiger partial charge in [0.15, 0.2) is 0 Å². The van der Waals surface area contributed by atoms with Crippen molar-refractivity contribution in [1.29, 1.82) is 0 Å². The minimum absolute atomic E-state index is 0.0510. The van der Waals surface area contributed by atoms with E-state index in [0.29, 0.717) is 19.6 Å². The monoisotopic (exact) mass is 256 g/mol. The first-order chi connectivity index (χ1) is 9.29. The molecule has 1 aliphatic rings. The normalized spacial score (nSPS) is 15.6. The Balaban J connectivity index is 2.16. The molecule has 1 aliphatic heterocycles. The Labute approximate surface area is 111 Å². The van der Waals surface area contributed by atoms with Gasteiger partial charge in [0, 0.05) is 36.8 Å². The van der Waals surface area contributed by atoms with Crippen molar-refractivity contribution < 1.29 is 4.79 Å². The summed E-state index contributed by atoms with van der Waals surface area (Å²) in [5.41, 5.74) is 8.77. The Morgan fingerprint density at radius 2 is 2.21 bits per heavy atom. The van der Waals surface area contributed by atoms with E-state index in [-0.39, 0.29) is 5.91 Å². The minimum Gasteiger partial charge on any atom is -0.360 e. The fourth-order valence-electron chi connectivity index (χ4n) is 2.52. The standard InChI is InChI=1S/C14H16N4O/c15-7-10-8-17-12-4-2-1-3-11(12)14(10)18-6-5-16-13(19)9-18/h1-4,8H,5-7,9,15H2,(H,16,19). The third kappa shape index (κ3) is 2.13. The minimum atomic E-state index is 0.0510. The highest BCUT2D eigenvalue weighted by Crippen LogP contribution is 2.29. The number of fused-ring (bicyclic) bond motifs is 1. The first kappa shape index (κ1) is 11.9. The molecule has 2 heterocycles. The van der Waals surface area contributed by atoms with Crippen LogP contribution in [-0.4, -0.2) is 30.5 Å². The van der Waals surface area contributed by atoms with E-state index in [0.717, 1.165) is 28.7 Å². The quantitative estimate of drug-likeness (QED) is 0.826. The van der Waals surface area contributed by atoms with Crippen LogP contribution in [0.5, 0.6) is 0 Å². The van der Waals surface area contributed by atoms with Crippen LogP contribution in [-0.2, 0) is 11.3 Å². The number of anilines is 1. The van der Waals surface area contributed by atoms with Gasteiger partial charge in [0.25, 0.3) is 0 Å². The fourth-order valence-corrected chi connectivity index (χ4v) is 2.52. The summed E-state index contributed by atoms with van der Waals surface area (Å²) in [6.07, 6.45) is 1.81. The van der Waals surface area contributed by atoms with Gasteiger partial charge in [0.2, 0.25) is 5.91 Å². The number of hydrogen-bond acceptors (Lipinski definition) is 4. The van der Waals surface area contributed by atoms with Gasteiger partial charge < -0.3 is 16.0 Å². The van der Waals surface area contributed by atoms with Gasteiger partial charge in [-0.1, -0.05) is 18.2 Å². The van der Waals surface area contributed by atoms with Crippen LogP contribution >= 0.6 is 0 Å². The van der Waals surface area contributed by atoms with Crippen molar-refractivity contribution in [2.75, 3.05) is 24.5 Å². The number of para-hydroxylation sites is 1. The largest absolute Gasteiger partial charge is 0.360 e. The molecule has 1 amide bonds. The van der Waals surface area contributed by atoms with Crippen LogP contribution in [0.1, 0.15) is 5.56 Å². The molecule has 2 aromatic rings. The predicted molar refractivity (Wildman–Crippen MR) is 74.9 cm³/mol. The number of nitrogens with one attached hydrogen (secondary N) is 1. The number of aromatic nitrogens is 1. The lowest BCUT2D eigenvalue weighted by Gasteiger charge is -2.31. The van der Waals surface area contributed by atoms with Gasteiger partial charge >= 0.3 is 0 Å². The number of amides is 1. The number of carbonyl (C=O) groups is 1. The predicted octanol–water partition coefficient (Wildman–Crippen LogP) is 0.630. The third-order valence-corrected chi connectivity index (χ3v) is 3.40. The molecule has 0 saturated carbocycles. The molecule has 1 aromatic heterocycles. The van der Waals surface area contributed by atoms with E-state index < -0.39 is 0 Å². The topological polar surface area (TPSA) is 71.2 Å². The Kier molecular flexibility index (Phi) is 3.05. The van der Waals surface area contributed by atoms with Gasteiger partial charge in [-0.2, -0.15) is 0 Å². The smallest absolute Gasteiger partial charge is 0.239 e. The van der Waals surface area contributed by atoms with E-state index in [1.807, 2.05) is 30.5 Å². The highest BCUT2D eigenvalue weighted by molar-refractivity contribution is 5.95. The summed E-state index contributed by atoms with van der Waals surface area (Å²) in [6, 6.07) is 7.95. The maximum atomic E-state index is 11.6. The van der Waals surface area contributed by atoms with Crippen LogP contribution in [0.25, 0.3) is 10.9 Å². The lowest BCUT2D eigenvalue weighted by atomic mass is 10.1. The van der Waals surface area contributed by atoms with Crippen LogP contribution in [0.4, 0.5) is 5.69 Å². The van der Waals surface area contributed by atoms with Gasteiger partial charge in [-0.25, -0.2) is 0 Å². The molecule has 1 saturated heterocycles. The van der Waals surface area contributed by atoms with Gasteiger partial charge in [-0.3, -0.25) is 9.78 Å². The second kappa shape index (κ2) is 4.85. The van der Waals surface area contributed by atoms with Crippen LogP contribution in [0.15, 0.2) is 30.5 Å². The zero-order valence-electron chi connectivity index (χ0n) is 10.6. The summed E-state index contributed by atoms with van der Waals surface area (Å²) in [5, 5.41) is 3.90. The molecule has 5 nitrogen and oxygen atoms in total. The molecule has 0 spiro atoms. The Hall–Kier alpha value is -2.14. The zero-order chi connectivity index (χ0) is 13.2. The van der Waals surface area contributed by atoms with Crippen molar-refractivity contribution >= 4 is 22.5 Å². The van der Waals surface area contributed by atoms with E-state index in [1.54, 1.807) is 0 Å². The molecule has 0 radical (unpaired) electrons. The van der Waals surface area contributed by atoms with Crippen molar-refractivity contribution in [3.8, 4) is 0 Å². The molecule has 19 heavy (non-hydrogen) atoms. The SMILES string of the molecule is NCc1cnc2ccccc2c1N1CCNC(=O)C1. The number of piperazine rings is 1. The molecule has 0 unspecified atom stereocenters. The number of hydrogen-bond donors (Lipinski definition) is 2. The number of pyridine rings is 1. The van der Waals surface area contributed by atoms with Crippen LogP contribution in [0.3, 0.4) is 0 Å². The molecule has 3 N–H and O–H groups in total. The second-order valence-electron chi connectivity index (χ2n) is 4.62. The average molecular weight is 256 g/mol. The molecule has 5 heteroatoms. The molecular weight excluding hydrogens is 240 g/mol. The van der Waals surface area contributed by atoms with Crippen molar-refractivity contribution in [3.05, 3.63) is 36.0 Å². The van der Waals surface area contributed by atoms with Gasteiger partial charge in [-0.05, 0) is 6.07 Å². The first-order valence-corrected chi connectivity index (χ1v) is 6.38. The van der Waals surface area contributed by atoms with Crippen LogP contribution < -0.4 is 16.0 Å². The molecular formula is C14H16N4O. The average Bonchev–Trinajstić information content (AvgIpc) is 2.46. The molecule has 98 valence electrons. The molecule has 3 rings (SSSR count). The van der Waals surface area contributed by atoms with E-state index in [4.69, 9.17) is 5.73 Å². The molecule has 0 bridgehead atoms. The molecule has 1 fully saturated rings. The van der Waals surface area contributed by atoms with E-state index in [1.165, 1.54) is 0 Å². The number of benzene rings is 1. The van der Waals surface area contributed by atoms with E-state index in [9.17, 15) is 4.79 Å². The number of carbonyl (C=O) groups excluding carboxylic acids is 1. The summed E-state index contributed by atoms with van der Waals surface area (Å²) < 4.78 is 0. The van der Waals surface area contributed by atoms with Crippen molar-refractivity contribution in [3.63, 3.8) is 0 Å². The van der Waals surface area contributed by atoms with E-state index in [2.05, 4.69) is 15.2 Å². The van der Waals surface area contributed by atoms with Crippen LogP contribution in [0.2, 0.25) is 0 Å². The van der Waals surface area contributed by atoms with Crippen molar-refractivity contribution in [1.82, 2.24) is 10.3 Å². The summed E-state index contributed by atoms with van der Waals surface area (Å²) in [6.45, 7) is 2.26. The Morgan fingerprint density at radius 3 is 3.00 bits per heavy atom. The molecule has 0 atom stereocenters. The summed E-state index contributed by atoms with van der Waals surface area (Å²) in [4.78, 5) is 18.1. The highest BCUT2D eigenvalue weighted by Gasteiger charge is 2.20. The second-order valence-corrected chi connectivity index (χ2v) is 4.62. The summed E-state index contributed by atoms with van der Waals surface area (Å²) in [5.74, 6) is 0.0510. The van der Waals surface area contributed by atoms with Crippen molar-refractivity contribution in [2.24, 2.45) is 5.73 Å². The van der Waals surface area contributed by atoms with Gasteiger partial charge in [0.1, 0.15) is 0 Å². The highest BCUT2D eigenvalue weighted by atomic mass is 16.2. The maximum Gasteiger partial charge on any atom is 0.239 e. The summed E-state index contributed by atoms with van der Waals surface area (Å²) in [7, 11) is 0. The van der Waals surface area contributed by atoms with Gasteiger partial charge in [-0.15, -0.1) is 0 Å². The Bertz CT molecular complexity index is 626. The van der Waals surface area contributed by atoms with Crippen molar-refractivity contribution in [2.45, 2.75) is 6.54 Å². The number of nitrogens with two attached hydrogens (primary N) is 1. The van der Waals surface area contributed by atoms with E-state index >= 15 is 0 Å². The fraction of sp³-hybridized carbons (Fsp3) is 0.286. The lowest BCUT2D eigenvalue weighted by Crippen LogP contribution is -2.48. The third-order valence-electron chi connectivity index (χ3n) is 3.40. The summed E-state index contributed by atoms with van der Waals surface area (Å²) >= 11 is 0. The maximum absolute atomic E-state index is 11.6.